The fourth-order valence-corrected chi connectivity index (χ4v) is 3.56. The number of hydrogen-bond donors (Lipinski definition) is 1. The largest absolute Gasteiger partial charge is 0.376 e. The number of carbonyl (C=O) groups excluding carboxylic acids is 1. The standard InChI is InChI=1S/C12H17N3O2S/c1-13-12(16)9-7-17-10-5-15(4-8(9)10)6-11-14-2-3-18-11/h2-3,8-10H,4-7H2,1H3,(H,13,16)/t8-,9+,10-/m0/s1. The van der Waals surface area contributed by atoms with Crippen molar-refractivity contribution < 1.29 is 9.53 Å². The van der Waals surface area contributed by atoms with Gasteiger partial charge in [-0.3, -0.25) is 9.69 Å². The second-order valence-corrected chi connectivity index (χ2v) is 5.86. The van der Waals surface area contributed by atoms with Gasteiger partial charge in [-0.05, 0) is 0 Å². The van der Waals surface area contributed by atoms with Crippen molar-refractivity contribution in [2.24, 2.45) is 11.8 Å². The Balaban J connectivity index is 1.63. The summed E-state index contributed by atoms with van der Waals surface area (Å²) in [6.07, 6.45) is 2.05. The van der Waals surface area contributed by atoms with Crippen LogP contribution in [0.15, 0.2) is 11.6 Å². The summed E-state index contributed by atoms with van der Waals surface area (Å²) < 4.78 is 5.74. The molecule has 2 aliphatic rings. The van der Waals surface area contributed by atoms with Crippen LogP contribution in [0.4, 0.5) is 0 Å². The highest BCUT2D eigenvalue weighted by molar-refractivity contribution is 7.09. The highest BCUT2D eigenvalue weighted by Gasteiger charge is 2.46. The van der Waals surface area contributed by atoms with Gasteiger partial charge in [0.2, 0.25) is 5.91 Å². The maximum atomic E-state index is 11.8. The Hall–Kier alpha value is -0.980. The van der Waals surface area contributed by atoms with Gasteiger partial charge in [0.05, 0.1) is 25.2 Å². The molecule has 0 aliphatic carbocycles. The lowest BCUT2D eigenvalue weighted by Crippen LogP contribution is -2.34. The zero-order valence-corrected chi connectivity index (χ0v) is 11.2. The van der Waals surface area contributed by atoms with E-state index in [1.165, 1.54) is 0 Å². The molecular formula is C12H17N3O2S. The third-order valence-electron chi connectivity index (χ3n) is 3.82. The number of nitrogens with one attached hydrogen (secondary N) is 1. The van der Waals surface area contributed by atoms with Gasteiger partial charge in [0.1, 0.15) is 5.01 Å². The molecular weight excluding hydrogens is 250 g/mol. The Morgan fingerprint density at radius 3 is 3.28 bits per heavy atom. The van der Waals surface area contributed by atoms with Crippen LogP contribution < -0.4 is 5.32 Å². The molecule has 1 aromatic heterocycles. The molecule has 3 atom stereocenters. The maximum Gasteiger partial charge on any atom is 0.225 e. The first-order valence-electron chi connectivity index (χ1n) is 6.22. The van der Waals surface area contributed by atoms with Gasteiger partial charge in [-0.1, -0.05) is 0 Å². The van der Waals surface area contributed by atoms with Crippen molar-refractivity contribution >= 4 is 17.2 Å². The summed E-state index contributed by atoms with van der Waals surface area (Å²) in [6.45, 7) is 3.29. The maximum absolute atomic E-state index is 11.8. The topological polar surface area (TPSA) is 54.5 Å². The Kier molecular flexibility index (Phi) is 3.32. The van der Waals surface area contributed by atoms with Crippen molar-refractivity contribution in [2.75, 3.05) is 26.7 Å². The van der Waals surface area contributed by atoms with E-state index in [1.807, 2.05) is 11.6 Å². The van der Waals surface area contributed by atoms with E-state index < -0.39 is 0 Å². The lowest BCUT2D eigenvalue weighted by molar-refractivity contribution is -0.125. The summed E-state index contributed by atoms with van der Waals surface area (Å²) >= 11 is 1.68. The molecule has 0 unspecified atom stereocenters. The van der Waals surface area contributed by atoms with Crippen molar-refractivity contribution in [2.45, 2.75) is 12.6 Å². The molecule has 0 aromatic carbocycles. The Morgan fingerprint density at radius 2 is 2.56 bits per heavy atom. The van der Waals surface area contributed by atoms with E-state index >= 15 is 0 Å². The average molecular weight is 267 g/mol. The van der Waals surface area contributed by atoms with Gasteiger partial charge in [0, 0.05) is 37.6 Å². The molecule has 0 saturated carbocycles. The van der Waals surface area contributed by atoms with E-state index in [1.54, 1.807) is 18.4 Å². The van der Waals surface area contributed by atoms with Crippen LogP contribution in [-0.2, 0) is 16.1 Å². The number of nitrogens with zero attached hydrogens (tertiary/aromatic N) is 2. The molecule has 3 rings (SSSR count). The first-order valence-corrected chi connectivity index (χ1v) is 7.10. The minimum absolute atomic E-state index is 0.0151. The number of rotatable bonds is 3. The van der Waals surface area contributed by atoms with Crippen molar-refractivity contribution in [3.8, 4) is 0 Å². The molecule has 3 heterocycles. The van der Waals surface area contributed by atoms with Crippen LogP contribution in [0.25, 0.3) is 0 Å². The fourth-order valence-electron chi connectivity index (χ4n) is 2.90. The van der Waals surface area contributed by atoms with E-state index in [0.29, 0.717) is 12.5 Å². The van der Waals surface area contributed by atoms with E-state index in [0.717, 1.165) is 24.6 Å². The summed E-state index contributed by atoms with van der Waals surface area (Å²) in [5.74, 6) is 0.463. The molecule has 0 radical (unpaired) electrons. The Labute approximate surface area is 110 Å². The summed E-state index contributed by atoms with van der Waals surface area (Å²) in [5, 5.41) is 5.86. The minimum atomic E-state index is 0.0151. The molecule has 1 amide bonds. The van der Waals surface area contributed by atoms with E-state index in [-0.39, 0.29) is 17.9 Å². The van der Waals surface area contributed by atoms with Crippen molar-refractivity contribution in [3.63, 3.8) is 0 Å². The second-order valence-electron chi connectivity index (χ2n) is 4.88. The number of carbonyl (C=O) groups is 1. The SMILES string of the molecule is CNC(=O)[C@@H]1CO[C@H]2CN(Cc3nccs3)C[C@H]21. The number of hydrogen-bond acceptors (Lipinski definition) is 5. The van der Waals surface area contributed by atoms with Gasteiger partial charge in [-0.2, -0.15) is 0 Å². The van der Waals surface area contributed by atoms with Crippen LogP contribution in [0, 0.1) is 11.8 Å². The van der Waals surface area contributed by atoms with Crippen molar-refractivity contribution in [1.82, 2.24) is 15.2 Å². The van der Waals surface area contributed by atoms with Gasteiger partial charge < -0.3 is 10.1 Å². The third kappa shape index (κ3) is 2.15. The van der Waals surface area contributed by atoms with E-state index in [2.05, 4.69) is 15.2 Å². The third-order valence-corrected chi connectivity index (χ3v) is 4.58. The van der Waals surface area contributed by atoms with Gasteiger partial charge in [0.15, 0.2) is 0 Å². The van der Waals surface area contributed by atoms with Crippen LogP contribution in [0.1, 0.15) is 5.01 Å². The molecule has 0 spiro atoms. The molecule has 1 aromatic rings. The molecule has 5 nitrogen and oxygen atoms in total. The minimum Gasteiger partial charge on any atom is -0.376 e. The summed E-state index contributed by atoms with van der Waals surface area (Å²) in [5.41, 5.74) is 0. The monoisotopic (exact) mass is 267 g/mol. The summed E-state index contributed by atoms with van der Waals surface area (Å²) in [6, 6.07) is 0. The summed E-state index contributed by atoms with van der Waals surface area (Å²) in [7, 11) is 1.69. The van der Waals surface area contributed by atoms with Crippen LogP contribution in [0.2, 0.25) is 0 Å². The molecule has 2 fully saturated rings. The lowest BCUT2D eigenvalue weighted by Gasteiger charge is -2.17. The van der Waals surface area contributed by atoms with Gasteiger partial charge in [-0.15, -0.1) is 11.3 Å². The smallest absolute Gasteiger partial charge is 0.225 e. The first kappa shape index (κ1) is 12.1. The normalized spacial score (nSPS) is 31.5. The molecule has 98 valence electrons. The van der Waals surface area contributed by atoms with Crippen LogP contribution in [-0.4, -0.2) is 48.6 Å². The second kappa shape index (κ2) is 4.95. The first-order chi connectivity index (χ1) is 8.78. The number of amides is 1. The zero-order chi connectivity index (χ0) is 12.5. The van der Waals surface area contributed by atoms with Gasteiger partial charge in [0.25, 0.3) is 0 Å². The molecule has 6 heteroatoms. The van der Waals surface area contributed by atoms with Crippen LogP contribution in [0.3, 0.4) is 0 Å². The number of thiazole rings is 1. The lowest BCUT2D eigenvalue weighted by atomic mass is 9.92. The van der Waals surface area contributed by atoms with Crippen molar-refractivity contribution in [3.05, 3.63) is 16.6 Å². The predicted molar refractivity (Wildman–Crippen MR) is 68.2 cm³/mol. The highest BCUT2D eigenvalue weighted by atomic mass is 32.1. The number of likely N-dealkylation sites (tertiary alicyclic amines) is 1. The Bertz CT molecular complexity index is 423. The molecule has 0 bridgehead atoms. The molecule has 2 saturated heterocycles. The zero-order valence-electron chi connectivity index (χ0n) is 10.3. The van der Waals surface area contributed by atoms with Gasteiger partial charge >= 0.3 is 0 Å². The fraction of sp³-hybridized carbons (Fsp3) is 0.667. The van der Waals surface area contributed by atoms with Crippen molar-refractivity contribution in [1.29, 1.82) is 0 Å². The summed E-state index contributed by atoms with van der Waals surface area (Å²) in [4.78, 5) is 18.4. The predicted octanol–water partition coefficient (Wildman–Crippen LogP) is 0.336. The van der Waals surface area contributed by atoms with E-state index in [4.69, 9.17) is 4.74 Å². The average Bonchev–Trinajstić information content (AvgIpc) is 3.04. The highest BCUT2D eigenvalue weighted by Crippen LogP contribution is 2.34. The quantitative estimate of drug-likeness (QED) is 0.858. The van der Waals surface area contributed by atoms with Crippen LogP contribution in [0.5, 0.6) is 0 Å². The molecule has 1 N–H and O–H groups in total. The van der Waals surface area contributed by atoms with Gasteiger partial charge in [-0.25, -0.2) is 4.98 Å². The number of fused-ring (bicyclic) bond motifs is 1. The molecule has 18 heavy (non-hydrogen) atoms. The van der Waals surface area contributed by atoms with Crippen LogP contribution >= 0.6 is 11.3 Å². The number of ether oxygens (including phenoxy) is 1. The van der Waals surface area contributed by atoms with E-state index in [9.17, 15) is 4.79 Å². The Morgan fingerprint density at radius 1 is 1.67 bits per heavy atom. The molecule has 2 aliphatic heterocycles. The number of aromatic nitrogens is 1.